The van der Waals surface area contributed by atoms with E-state index in [4.69, 9.17) is 9.15 Å². The van der Waals surface area contributed by atoms with Crippen molar-refractivity contribution in [1.82, 2.24) is 9.78 Å². The number of ether oxygens (including phenoxy) is 1. The number of nitrogens with zero attached hydrogens (tertiary/aromatic N) is 2. The van der Waals surface area contributed by atoms with Gasteiger partial charge >= 0.3 is 5.97 Å². The first kappa shape index (κ1) is 21.9. The molecule has 1 aliphatic rings. The number of carbonyl (C=O) groups excluding carboxylic acids is 2. The lowest BCUT2D eigenvalue weighted by atomic mass is 10.0. The first-order valence-corrected chi connectivity index (χ1v) is 11.5. The van der Waals surface area contributed by atoms with Crippen molar-refractivity contribution < 1.29 is 18.7 Å². The molecule has 4 aromatic rings. The third-order valence-corrected chi connectivity index (χ3v) is 6.40. The second kappa shape index (κ2) is 8.82. The summed E-state index contributed by atoms with van der Waals surface area (Å²) in [6.45, 7) is 5.39. The first-order valence-electron chi connectivity index (χ1n) is 11.5. The highest BCUT2D eigenvalue weighted by Crippen LogP contribution is 2.30. The van der Waals surface area contributed by atoms with E-state index in [1.165, 1.54) is 11.1 Å². The van der Waals surface area contributed by atoms with E-state index in [1.54, 1.807) is 10.9 Å². The highest BCUT2D eigenvalue weighted by molar-refractivity contribution is 5.94. The van der Waals surface area contributed by atoms with Crippen LogP contribution in [0.4, 0.5) is 5.69 Å². The number of amides is 1. The van der Waals surface area contributed by atoms with Crippen LogP contribution in [-0.2, 0) is 33.6 Å². The van der Waals surface area contributed by atoms with E-state index in [1.807, 2.05) is 45.0 Å². The van der Waals surface area contributed by atoms with E-state index in [0.717, 1.165) is 52.7 Å². The van der Waals surface area contributed by atoms with Crippen LogP contribution in [0.2, 0.25) is 0 Å². The van der Waals surface area contributed by atoms with Crippen LogP contribution in [0, 0.1) is 20.8 Å². The number of furan rings is 1. The molecule has 2 heterocycles. The second-order valence-electron chi connectivity index (χ2n) is 8.91. The summed E-state index contributed by atoms with van der Waals surface area (Å²) in [5, 5.41) is 8.32. The van der Waals surface area contributed by atoms with Gasteiger partial charge in [-0.3, -0.25) is 9.59 Å². The van der Waals surface area contributed by atoms with Gasteiger partial charge in [-0.15, -0.1) is 0 Å². The molecule has 2 aromatic carbocycles. The minimum atomic E-state index is -0.470. The number of esters is 1. The van der Waals surface area contributed by atoms with Crippen molar-refractivity contribution in [1.29, 1.82) is 0 Å². The van der Waals surface area contributed by atoms with Gasteiger partial charge in [0.25, 0.3) is 5.91 Å². The van der Waals surface area contributed by atoms with Gasteiger partial charge in [0, 0.05) is 10.9 Å². The summed E-state index contributed by atoms with van der Waals surface area (Å²) >= 11 is 0. The maximum atomic E-state index is 12.5. The number of aryl methyl sites for hydroxylation is 4. The number of hydrogen-bond donors (Lipinski definition) is 1. The predicted molar refractivity (Wildman–Crippen MR) is 129 cm³/mol. The summed E-state index contributed by atoms with van der Waals surface area (Å²) in [5.41, 5.74) is 8.40. The standard InChI is InChI=1S/C27H27N3O4/c1-16-7-9-22(10-8-16)30-18(3)27(17(2)29-30)28-25(31)15-34-26(32)13-21-14-33-24-12-20-6-4-5-19(20)11-23(21)24/h7-12,14H,4-6,13,15H2,1-3H3,(H,28,31). The Morgan fingerprint density at radius 2 is 1.82 bits per heavy atom. The quantitative estimate of drug-likeness (QED) is 0.422. The Hall–Kier alpha value is -3.87. The minimum Gasteiger partial charge on any atom is -0.464 e. The van der Waals surface area contributed by atoms with E-state index >= 15 is 0 Å². The van der Waals surface area contributed by atoms with Crippen molar-refractivity contribution in [3.63, 3.8) is 0 Å². The van der Waals surface area contributed by atoms with Crippen LogP contribution in [0.15, 0.2) is 47.1 Å². The summed E-state index contributed by atoms with van der Waals surface area (Å²) < 4.78 is 12.7. The number of carbonyl (C=O) groups is 2. The molecule has 5 rings (SSSR count). The molecule has 0 bridgehead atoms. The summed E-state index contributed by atoms with van der Waals surface area (Å²) in [5.74, 6) is -0.875. The van der Waals surface area contributed by atoms with Gasteiger partial charge < -0.3 is 14.5 Å². The summed E-state index contributed by atoms with van der Waals surface area (Å²) in [7, 11) is 0. The number of anilines is 1. The topological polar surface area (TPSA) is 86.4 Å². The molecule has 0 fully saturated rings. The molecule has 0 atom stereocenters. The summed E-state index contributed by atoms with van der Waals surface area (Å²) in [6.07, 6.45) is 4.94. The Morgan fingerprint density at radius 3 is 2.59 bits per heavy atom. The van der Waals surface area contributed by atoms with E-state index < -0.39 is 11.9 Å². The molecule has 34 heavy (non-hydrogen) atoms. The van der Waals surface area contributed by atoms with Crippen LogP contribution in [0.3, 0.4) is 0 Å². The van der Waals surface area contributed by atoms with Crippen LogP contribution in [-0.4, -0.2) is 28.3 Å². The van der Waals surface area contributed by atoms with Crippen LogP contribution in [0.5, 0.6) is 0 Å². The molecule has 1 amide bonds. The molecule has 1 N–H and O–H groups in total. The lowest BCUT2D eigenvalue weighted by Crippen LogP contribution is -2.22. The fourth-order valence-electron chi connectivity index (χ4n) is 4.57. The van der Waals surface area contributed by atoms with E-state index in [-0.39, 0.29) is 13.0 Å². The molecule has 1 aliphatic carbocycles. The van der Waals surface area contributed by atoms with E-state index in [0.29, 0.717) is 11.4 Å². The van der Waals surface area contributed by atoms with Gasteiger partial charge in [0.05, 0.1) is 35.4 Å². The van der Waals surface area contributed by atoms with Gasteiger partial charge in [-0.05, 0) is 75.4 Å². The average Bonchev–Trinajstić information content (AvgIpc) is 3.51. The highest BCUT2D eigenvalue weighted by Gasteiger charge is 2.19. The smallest absolute Gasteiger partial charge is 0.310 e. The van der Waals surface area contributed by atoms with Gasteiger partial charge in [-0.2, -0.15) is 5.10 Å². The Labute approximate surface area is 197 Å². The Balaban J connectivity index is 1.21. The zero-order valence-corrected chi connectivity index (χ0v) is 19.6. The molecule has 2 aromatic heterocycles. The van der Waals surface area contributed by atoms with Crippen molar-refractivity contribution in [3.05, 3.63) is 76.3 Å². The molecule has 0 saturated heterocycles. The van der Waals surface area contributed by atoms with Gasteiger partial charge in [0.1, 0.15) is 5.58 Å². The van der Waals surface area contributed by atoms with Crippen LogP contribution < -0.4 is 5.32 Å². The first-order chi connectivity index (χ1) is 16.4. The predicted octanol–water partition coefficient (Wildman–Crippen LogP) is 4.76. The molecule has 0 radical (unpaired) electrons. The third-order valence-electron chi connectivity index (χ3n) is 6.40. The van der Waals surface area contributed by atoms with Gasteiger partial charge in [0.15, 0.2) is 6.61 Å². The largest absolute Gasteiger partial charge is 0.464 e. The number of rotatable bonds is 6. The maximum absolute atomic E-state index is 12.5. The molecular weight excluding hydrogens is 430 g/mol. The lowest BCUT2D eigenvalue weighted by molar-refractivity contribution is -0.146. The third kappa shape index (κ3) is 4.21. The SMILES string of the molecule is Cc1ccc(-n2nc(C)c(NC(=O)COC(=O)Cc3coc4cc5c(cc34)CCC5)c2C)cc1. The molecule has 174 valence electrons. The van der Waals surface area contributed by atoms with Crippen LogP contribution in [0.1, 0.15) is 40.1 Å². The molecule has 0 saturated carbocycles. The number of hydrogen-bond acceptors (Lipinski definition) is 5. The lowest BCUT2D eigenvalue weighted by Gasteiger charge is -2.08. The number of nitrogens with one attached hydrogen (secondary N) is 1. The molecule has 7 heteroatoms. The second-order valence-corrected chi connectivity index (χ2v) is 8.91. The molecular formula is C27H27N3O4. The highest BCUT2D eigenvalue weighted by atomic mass is 16.5. The van der Waals surface area contributed by atoms with Crippen LogP contribution >= 0.6 is 0 Å². The molecule has 0 spiro atoms. The normalized spacial score (nSPS) is 12.7. The summed E-state index contributed by atoms with van der Waals surface area (Å²) in [4.78, 5) is 24.9. The van der Waals surface area contributed by atoms with Crippen molar-refractivity contribution in [2.24, 2.45) is 0 Å². The van der Waals surface area contributed by atoms with Gasteiger partial charge in [-0.1, -0.05) is 17.7 Å². The van der Waals surface area contributed by atoms with Crippen molar-refractivity contribution in [3.8, 4) is 5.69 Å². The van der Waals surface area contributed by atoms with Gasteiger partial charge in [0.2, 0.25) is 0 Å². The monoisotopic (exact) mass is 457 g/mol. The van der Waals surface area contributed by atoms with Crippen LogP contribution in [0.25, 0.3) is 16.7 Å². The van der Waals surface area contributed by atoms with E-state index in [2.05, 4.69) is 22.5 Å². The number of benzene rings is 2. The Bertz CT molecular complexity index is 1400. The molecule has 0 unspecified atom stereocenters. The fraction of sp³-hybridized carbons (Fsp3) is 0.296. The van der Waals surface area contributed by atoms with Crippen molar-refractivity contribution in [2.45, 2.75) is 46.5 Å². The van der Waals surface area contributed by atoms with Crippen molar-refractivity contribution in [2.75, 3.05) is 11.9 Å². The van der Waals surface area contributed by atoms with Crippen molar-refractivity contribution >= 4 is 28.5 Å². The zero-order chi connectivity index (χ0) is 23.8. The molecule has 0 aliphatic heterocycles. The maximum Gasteiger partial charge on any atom is 0.310 e. The zero-order valence-electron chi connectivity index (χ0n) is 19.6. The number of fused-ring (bicyclic) bond motifs is 2. The van der Waals surface area contributed by atoms with E-state index in [9.17, 15) is 9.59 Å². The number of aromatic nitrogens is 2. The molecule has 7 nitrogen and oxygen atoms in total. The Morgan fingerprint density at radius 1 is 1.09 bits per heavy atom. The minimum absolute atomic E-state index is 0.0580. The van der Waals surface area contributed by atoms with Gasteiger partial charge in [-0.25, -0.2) is 4.68 Å². The fourth-order valence-corrected chi connectivity index (χ4v) is 4.57. The Kier molecular flexibility index (Phi) is 5.69. The summed E-state index contributed by atoms with van der Waals surface area (Å²) in [6, 6.07) is 12.2. The average molecular weight is 458 g/mol.